The third kappa shape index (κ3) is 8.57. The second kappa shape index (κ2) is 13.2. The summed E-state index contributed by atoms with van der Waals surface area (Å²) >= 11 is -0.859. The predicted octanol–water partition coefficient (Wildman–Crippen LogP) is 6.51. The Bertz CT molecular complexity index is 653. The number of likely N-dealkylation sites (tertiary alicyclic amines) is 1. The van der Waals surface area contributed by atoms with Crippen molar-refractivity contribution in [2.24, 2.45) is 0 Å². The quantitative estimate of drug-likeness (QED) is 0.278. The molecule has 32 heavy (non-hydrogen) atoms. The van der Waals surface area contributed by atoms with Gasteiger partial charge in [-0.15, -0.1) is 0 Å². The summed E-state index contributed by atoms with van der Waals surface area (Å²) in [4.78, 5) is 19.3. The SMILES string of the molecule is CCCC[C](CCCC)(CCCC)[Sn][c]1nccn1C1CCN(C(=O)OC(C)(C)C)CC1. The molecule has 2 heterocycles. The number of imidazole rings is 1. The summed E-state index contributed by atoms with van der Waals surface area (Å²) in [6.45, 7) is 14.3. The number of hydrogen-bond acceptors (Lipinski definition) is 3. The Kier molecular flexibility index (Phi) is 11.4. The third-order valence-electron chi connectivity index (χ3n) is 6.58. The molecule has 6 heteroatoms. The van der Waals surface area contributed by atoms with E-state index < -0.39 is 26.7 Å². The Morgan fingerprint density at radius 1 is 1.03 bits per heavy atom. The summed E-state index contributed by atoms with van der Waals surface area (Å²) in [5.74, 6) is 0. The van der Waals surface area contributed by atoms with Gasteiger partial charge in [0.2, 0.25) is 0 Å². The summed E-state index contributed by atoms with van der Waals surface area (Å²) in [7, 11) is 0. The molecule has 0 spiro atoms. The second-order valence-corrected chi connectivity index (χ2v) is 15.6. The van der Waals surface area contributed by atoms with Gasteiger partial charge in [-0.25, -0.2) is 0 Å². The van der Waals surface area contributed by atoms with Crippen molar-refractivity contribution in [1.29, 1.82) is 0 Å². The van der Waals surface area contributed by atoms with Gasteiger partial charge in [0.25, 0.3) is 0 Å². The molecule has 1 aromatic heterocycles. The summed E-state index contributed by atoms with van der Waals surface area (Å²) in [6, 6.07) is 0.466. The molecule has 2 radical (unpaired) electrons. The van der Waals surface area contributed by atoms with Gasteiger partial charge >= 0.3 is 208 Å². The van der Waals surface area contributed by atoms with Gasteiger partial charge in [0.1, 0.15) is 0 Å². The zero-order valence-electron chi connectivity index (χ0n) is 21.6. The molecule has 5 nitrogen and oxygen atoms in total. The van der Waals surface area contributed by atoms with Crippen LogP contribution >= 0.6 is 0 Å². The fraction of sp³-hybridized carbons (Fsp3) is 0.846. The van der Waals surface area contributed by atoms with Crippen LogP contribution in [-0.4, -0.2) is 60.4 Å². The number of nitrogens with zero attached hydrogens (tertiary/aromatic N) is 3. The molecular weight excluding hydrogens is 505 g/mol. The van der Waals surface area contributed by atoms with Crippen LogP contribution in [0.4, 0.5) is 4.79 Å². The molecule has 1 amide bonds. The van der Waals surface area contributed by atoms with Gasteiger partial charge < -0.3 is 0 Å². The van der Waals surface area contributed by atoms with Crippen molar-refractivity contribution < 1.29 is 9.53 Å². The fourth-order valence-corrected chi connectivity index (χ4v) is 10.1. The molecule has 0 aliphatic carbocycles. The Labute approximate surface area is 207 Å². The van der Waals surface area contributed by atoms with Gasteiger partial charge in [-0.3, -0.25) is 0 Å². The van der Waals surface area contributed by atoms with E-state index in [1.165, 1.54) is 61.6 Å². The molecule has 1 aliphatic heterocycles. The van der Waals surface area contributed by atoms with Crippen molar-refractivity contribution >= 4 is 31.1 Å². The van der Waals surface area contributed by atoms with Crippen molar-refractivity contribution in [3.8, 4) is 0 Å². The van der Waals surface area contributed by atoms with Crippen LogP contribution in [0.15, 0.2) is 12.4 Å². The zero-order chi connectivity index (χ0) is 23.6. The molecule has 2 rings (SSSR count). The number of piperidine rings is 1. The van der Waals surface area contributed by atoms with Gasteiger partial charge in [0, 0.05) is 0 Å². The molecule has 0 unspecified atom stereocenters. The first-order valence-electron chi connectivity index (χ1n) is 13.0. The summed E-state index contributed by atoms with van der Waals surface area (Å²) < 4.78 is 10.1. The number of carbonyl (C=O) groups is 1. The first-order chi connectivity index (χ1) is 15.2. The average molecular weight is 552 g/mol. The van der Waals surface area contributed by atoms with E-state index in [9.17, 15) is 4.79 Å². The van der Waals surface area contributed by atoms with E-state index in [0.717, 1.165) is 25.9 Å². The van der Waals surface area contributed by atoms with Gasteiger partial charge in [-0.1, -0.05) is 0 Å². The predicted molar refractivity (Wildman–Crippen MR) is 135 cm³/mol. The van der Waals surface area contributed by atoms with Crippen molar-refractivity contribution in [2.75, 3.05) is 13.1 Å². The first-order valence-corrected chi connectivity index (χ1v) is 15.9. The number of carbonyl (C=O) groups excluding carboxylic acids is 1. The Balaban J connectivity index is 2.09. The van der Waals surface area contributed by atoms with Crippen LogP contribution < -0.4 is 3.84 Å². The van der Waals surface area contributed by atoms with Gasteiger partial charge in [-0.2, -0.15) is 0 Å². The van der Waals surface area contributed by atoms with Crippen molar-refractivity contribution in [2.45, 2.75) is 127 Å². The molecule has 0 bridgehead atoms. The number of hydrogen-bond donors (Lipinski definition) is 0. The normalized spacial score (nSPS) is 15.9. The van der Waals surface area contributed by atoms with E-state index in [0.29, 0.717) is 9.47 Å². The molecule has 1 aliphatic rings. The zero-order valence-corrected chi connectivity index (χ0v) is 24.4. The van der Waals surface area contributed by atoms with E-state index in [1.54, 1.807) is 0 Å². The van der Waals surface area contributed by atoms with Crippen LogP contribution in [0.25, 0.3) is 0 Å². The number of unbranched alkanes of at least 4 members (excludes halogenated alkanes) is 3. The molecule has 1 fully saturated rings. The molecule has 0 aromatic carbocycles. The summed E-state index contributed by atoms with van der Waals surface area (Å²) in [6.07, 6.45) is 18.1. The molecule has 0 N–H and O–H groups in total. The van der Waals surface area contributed by atoms with Crippen LogP contribution in [0.5, 0.6) is 0 Å². The van der Waals surface area contributed by atoms with E-state index >= 15 is 0 Å². The molecule has 0 atom stereocenters. The monoisotopic (exact) mass is 553 g/mol. The fourth-order valence-electron chi connectivity index (χ4n) is 4.70. The van der Waals surface area contributed by atoms with Crippen molar-refractivity contribution in [1.82, 2.24) is 14.5 Å². The molecule has 0 saturated carbocycles. The first kappa shape index (κ1) is 27.5. The Hall–Kier alpha value is -0.721. The van der Waals surface area contributed by atoms with E-state index in [4.69, 9.17) is 9.72 Å². The van der Waals surface area contributed by atoms with Gasteiger partial charge in [-0.05, 0) is 0 Å². The Morgan fingerprint density at radius 2 is 1.56 bits per heavy atom. The Morgan fingerprint density at radius 3 is 2.03 bits per heavy atom. The maximum absolute atomic E-state index is 12.5. The molecule has 1 aromatic rings. The van der Waals surface area contributed by atoms with Crippen LogP contribution in [-0.2, 0) is 4.74 Å². The minimum absolute atomic E-state index is 0.170. The van der Waals surface area contributed by atoms with Crippen molar-refractivity contribution in [3.05, 3.63) is 12.4 Å². The third-order valence-corrected chi connectivity index (χ3v) is 12.0. The minimum atomic E-state index is -0.859. The van der Waals surface area contributed by atoms with E-state index in [2.05, 4.69) is 31.5 Å². The number of ether oxygens (including phenoxy) is 1. The van der Waals surface area contributed by atoms with Crippen LogP contribution in [0, 0.1) is 0 Å². The molecule has 182 valence electrons. The number of aromatic nitrogens is 2. The van der Waals surface area contributed by atoms with E-state index in [-0.39, 0.29) is 6.09 Å². The van der Waals surface area contributed by atoms with Gasteiger partial charge in [0.05, 0.1) is 0 Å². The number of rotatable bonds is 12. The molecular formula is C26H47N3O2Sn. The molecule has 1 saturated heterocycles. The number of amides is 1. The summed E-state index contributed by atoms with van der Waals surface area (Å²) in [5.41, 5.74) is -0.433. The van der Waals surface area contributed by atoms with E-state index in [1.807, 2.05) is 31.9 Å². The van der Waals surface area contributed by atoms with Crippen LogP contribution in [0.1, 0.15) is 118 Å². The summed E-state index contributed by atoms with van der Waals surface area (Å²) in [5, 5.41) is 0. The second-order valence-electron chi connectivity index (χ2n) is 10.6. The topological polar surface area (TPSA) is 47.4 Å². The standard InChI is InChI=1S/C13H20N3O2.C13H27.Sn/c1-13(2,3)18-12(17)15-7-4-11(5-8-15)16-9-6-14-10-16;1-4-7-10-13(11-8-5-2)12-9-6-3;/h6,9,11H,4-5,7-8H2,1-3H3;4-12H2,1-3H3;. The van der Waals surface area contributed by atoms with Gasteiger partial charge in [0.15, 0.2) is 0 Å². The van der Waals surface area contributed by atoms with Crippen LogP contribution in [0.2, 0.25) is 3.43 Å². The maximum atomic E-state index is 12.5. The average Bonchev–Trinajstić information content (AvgIpc) is 3.21. The van der Waals surface area contributed by atoms with Crippen LogP contribution in [0.3, 0.4) is 0 Å². The van der Waals surface area contributed by atoms with Crippen molar-refractivity contribution in [3.63, 3.8) is 0 Å².